The van der Waals surface area contributed by atoms with Crippen LogP contribution in [0.25, 0.3) is 0 Å². The van der Waals surface area contributed by atoms with E-state index in [0.717, 1.165) is 13.0 Å². The van der Waals surface area contributed by atoms with Crippen LogP contribution < -0.4 is 10.1 Å². The highest BCUT2D eigenvalue weighted by atomic mass is 79.9. The number of nitrogens with zero attached hydrogens (tertiary/aromatic N) is 2. The number of anilines is 1. The van der Waals surface area contributed by atoms with E-state index in [4.69, 9.17) is 4.74 Å². The minimum Gasteiger partial charge on any atom is -0.437 e. The van der Waals surface area contributed by atoms with Gasteiger partial charge in [-0.15, -0.1) is 0 Å². The number of benzene rings is 1. The van der Waals surface area contributed by atoms with Crippen molar-refractivity contribution in [1.82, 2.24) is 9.97 Å². The van der Waals surface area contributed by atoms with Gasteiger partial charge in [-0.2, -0.15) is 4.98 Å². The van der Waals surface area contributed by atoms with Crippen LogP contribution in [0, 0.1) is 0 Å². The molecule has 2 aromatic rings. The highest BCUT2D eigenvalue weighted by Crippen LogP contribution is 2.30. The lowest BCUT2D eigenvalue weighted by Gasteiger charge is -2.11. The minimum atomic E-state index is -0.0835. The first kappa shape index (κ1) is 14.7. The van der Waals surface area contributed by atoms with Crippen molar-refractivity contribution in [3.05, 3.63) is 40.5 Å². The summed E-state index contributed by atoms with van der Waals surface area (Å²) in [6.45, 7) is 2.79. The third-order valence-corrected chi connectivity index (χ3v) is 3.14. The van der Waals surface area contributed by atoms with E-state index < -0.39 is 0 Å². The Labute approximate surface area is 126 Å². The molecule has 0 aliphatic carbocycles. The SMILES string of the molecule is CCCNc1ncc(Br)c(Oc2ccccc2CO)n1. The number of ether oxygens (including phenoxy) is 1. The molecule has 0 atom stereocenters. The molecule has 0 fully saturated rings. The first-order chi connectivity index (χ1) is 9.74. The molecule has 5 nitrogen and oxygen atoms in total. The van der Waals surface area contributed by atoms with Crippen LogP contribution >= 0.6 is 15.9 Å². The predicted molar refractivity (Wildman–Crippen MR) is 81.0 cm³/mol. The molecule has 2 N–H and O–H groups in total. The summed E-state index contributed by atoms with van der Waals surface area (Å²) in [5.74, 6) is 1.52. The van der Waals surface area contributed by atoms with Gasteiger partial charge in [0.15, 0.2) is 0 Å². The predicted octanol–water partition coefficient (Wildman–Crippen LogP) is 3.35. The third-order valence-electron chi connectivity index (χ3n) is 2.59. The number of hydrogen-bond donors (Lipinski definition) is 2. The fourth-order valence-electron chi connectivity index (χ4n) is 1.58. The molecule has 2 rings (SSSR count). The molecule has 0 bridgehead atoms. The van der Waals surface area contributed by atoms with E-state index in [0.29, 0.717) is 27.6 Å². The van der Waals surface area contributed by atoms with Gasteiger partial charge in [0.2, 0.25) is 11.8 Å². The van der Waals surface area contributed by atoms with Gasteiger partial charge >= 0.3 is 0 Å². The quantitative estimate of drug-likeness (QED) is 0.846. The Kier molecular flexibility index (Phi) is 5.31. The summed E-state index contributed by atoms with van der Waals surface area (Å²) >= 11 is 3.36. The molecule has 20 heavy (non-hydrogen) atoms. The van der Waals surface area contributed by atoms with Crippen molar-refractivity contribution in [3.63, 3.8) is 0 Å². The van der Waals surface area contributed by atoms with E-state index in [2.05, 4.69) is 38.1 Å². The Morgan fingerprint density at radius 2 is 2.15 bits per heavy atom. The Hall–Kier alpha value is -1.66. The van der Waals surface area contributed by atoms with Crippen LogP contribution in [0.1, 0.15) is 18.9 Å². The van der Waals surface area contributed by atoms with Gasteiger partial charge in [-0.05, 0) is 28.4 Å². The number of aromatic nitrogens is 2. The monoisotopic (exact) mass is 337 g/mol. The van der Waals surface area contributed by atoms with Gasteiger partial charge in [-0.25, -0.2) is 4.98 Å². The maximum absolute atomic E-state index is 9.30. The van der Waals surface area contributed by atoms with Crippen LogP contribution in [-0.4, -0.2) is 21.6 Å². The van der Waals surface area contributed by atoms with Gasteiger partial charge in [0, 0.05) is 12.1 Å². The van der Waals surface area contributed by atoms with Crippen LogP contribution in [0.15, 0.2) is 34.9 Å². The molecule has 106 valence electrons. The van der Waals surface area contributed by atoms with E-state index in [1.54, 1.807) is 18.3 Å². The van der Waals surface area contributed by atoms with Crippen molar-refractivity contribution >= 4 is 21.9 Å². The zero-order valence-electron chi connectivity index (χ0n) is 11.1. The fourth-order valence-corrected chi connectivity index (χ4v) is 1.86. The van der Waals surface area contributed by atoms with Crippen LogP contribution in [0.2, 0.25) is 0 Å². The summed E-state index contributed by atoms with van der Waals surface area (Å²) in [7, 11) is 0. The molecule has 1 aromatic carbocycles. The normalized spacial score (nSPS) is 10.3. The van der Waals surface area contributed by atoms with Crippen molar-refractivity contribution in [1.29, 1.82) is 0 Å². The average molecular weight is 338 g/mol. The number of hydrogen-bond acceptors (Lipinski definition) is 5. The lowest BCUT2D eigenvalue weighted by atomic mass is 10.2. The molecular weight excluding hydrogens is 322 g/mol. The average Bonchev–Trinajstić information content (AvgIpc) is 2.48. The van der Waals surface area contributed by atoms with Crippen LogP contribution in [-0.2, 0) is 6.61 Å². The number of para-hydroxylation sites is 1. The van der Waals surface area contributed by atoms with E-state index in [9.17, 15) is 5.11 Å². The zero-order valence-corrected chi connectivity index (χ0v) is 12.7. The second-order valence-corrected chi connectivity index (χ2v) is 5.00. The third kappa shape index (κ3) is 3.68. The van der Waals surface area contributed by atoms with Crippen molar-refractivity contribution in [2.24, 2.45) is 0 Å². The lowest BCUT2D eigenvalue weighted by molar-refractivity contribution is 0.276. The summed E-state index contributed by atoms with van der Waals surface area (Å²) in [5.41, 5.74) is 0.709. The van der Waals surface area contributed by atoms with Crippen LogP contribution in [0.5, 0.6) is 11.6 Å². The Morgan fingerprint density at radius 1 is 1.35 bits per heavy atom. The van der Waals surface area contributed by atoms with Crippen LogP contribution in [0.3, 0.4) is 0 Å². The first-order valence-corrected chi connectivity index (χ1v) is 7.17. The van der Waals surface area contributed by atoms with Crippen molar-refractivity contribution < 1.29 is 9.84 Å². The summed E-state index contributed by atoms with van der Waals surface area (Å²) in [5, 5.41) is 12.4. The van der Waals surface area contributed by atoms with E-state index in [1.165, 1.54) is 0 Å². The number of aliphatic hydroxyl groups is 1. The summed E-state index contributed by atoms with van der Waals surface area (Å²) in [6, 6.07) is 7.29. The second-order valence-electron chi connectivity index (χ2n) is 4.14. The first-order valence-electron chi connectivity index (χ1n) is 6.37. The van der Waals surface area contributed by atoms with Gasteiger partial charge in [-0.3, -0.25) is 0 Å². The van der Waals surface area contributed by atoms with Gasteiger partial charge < -0.3 is 15.2 Å². The minimum absolute atomic E-state index is 0.0835. The van der Waals surface area contributed by atoms with E-state index in [-0.39, 0.29) is 6.61 Å². The number of rotatable bonds is 6. The molecule has 6 heteroatoms. The number of halogens is 1. The molecule has 0 aliphatic heterocycles. The van der Waals surface area contributed by atoms with Crippen LogP contribution in [0.4, 0.5) is 5.95 Å². The molecule has 0 spiro atoms. The highest BCUT2D eigenvalue weighted by molar-refractivity contribution is 9.10. The standard InChI is InChI=1S/C14H16BrN3O2/c1-2-7-16-14-17-8-11(15)13(18-14)20-12-6-4-3-5-10(12)9-19/h3-6,8,19H,2,7,9H2,1H3,(H,16,17,18). The van der Waals surface area contributed by atoms with Crippen molar-refractivity contribution in [2.45, 2.75) is 20.0 Å². The number of aliphatic hydroxyl groups excluding tert-OH is 1. The van der Waals surface area contributed by atoms with Gasteiger partial charge in [0.25, 0.3) is 0 Å². The smallest absolute Gasteiger partial charge is 0.238 e. The molecule has 0 aliphatic rings. The molecule has 0 unspecified atom stereocenters. The van der Waals surface area contributed by atoms with Crippen molar-refractivity contribution in [3.8, 4) is 11.6 Å². The summed E-state index contributed by atoms with van der Waals surface area (Å²) in [6.07, 6.45) is 2.63. The molecule has 1 heterocycles. The Bertz CT molecular complexity index is 578. The Morgan fingerprint density at radius 3 is 2.90 bits per heavy atom. The maximum atomic E-state index is 9.30. The molecule has 0 amide bonds. The van der Waals surface area contributed by atoms with Gasteiger partial charge in [0.05, 0.1) is 17.3 Å². The summed E-state index contributed by atoms with van der Waals surface area (Å²) in [4.78, 5) is 8.47. The molecular formula is C14H16BrN3O2. The number of nitrogens with one attached hydrogen (secondary N) is 1. The largest absolute Gasteiger partial charge is 0.437 e. The highest BCUT2D eigenvalue weighted by Gasteiger charge is 2.09. The summed E-state index contributed by atoms with van der Waals surface area (Å²) < 4.78 is 6.41. The van der Waals surface area contributed by atoms with Gasteiger partial charge in [-0.1, -0.05) is 25.1 Å². The molecule has 1 aromatic heterocycles. The molecule has 0 saturated carbocycles. The van der Waals surface area contributed by atoms with E-state index in [1.807, 2.05) is 12.1 Å². The lowest BCUT2D eigenvalue weighted by Crippen LogP contribution is -2.05. The van der Waals surface area contributed by atoms with E-state index >= 15 is 0 Å². The zero-order chi connectivity index (χ0) is 14.4. The maximum Gasteiger partial charge on any atom is 0.238 e. The molecule has 0 saturated heterocycles. The topological polar surface area (TPSA) is 67.3 Å². The van der Waals surface area contributed by atoms with Gasteiger partial charge in [0.1, 0.15) is 5.75 Å². The fraction of sp³-hybridized carbons (Fsp3) is 0.286. The Balaban J connectivity index is 2.23. The second kappa shape index (κ2) is 7.21. The van der Waals surface area contributed by atoms with Crippen molar-refractivity contribution in [2.75, 3.05) is 11.9 Å². The molecule has 0 radical (unpaired) electrons.